The minimum atomic E-state index is -0.341. The Morgan fingerprint density at radius 3 is 2.57 bits per heavy atom. The molecular formula is C17H26N3O2S+. The molecule has 6 heteroatoms. The van der Waals surface area contributed by atoms with Crippen LogP contribution in [0.2, 0.25) is 0 Å². The molecular weight excluding hydrogens is 310 g/mol. The Morgan fingerprint density at radius 1 is 1.39 bits per heavy atom. The highest BCUT2D eigenvalue weighted by molar-refractivity contribution is 7.74. The maximum absolute atomic E-state index is 10.6. The van der Waals surface area contributed by atoms with E-state index in [2.05, 4.69) is 29.9 Å². The average molecular weight is 336 g/mol. The molecule has 0 radical (unpaired) electrons. The van der Waals surface area contributed by atoms with Gasteiger partial charge in [0, 0.05) is 42.8 Å². The summed E-state index contributed by atoms with van der Waals surface area (Å²) in [6, 6.07) is 2.14. The van der Waals surface area contributed by atoms with Crippen molar-refractivity contribution in [2.75, 3.05) is 38.3 Å². The van der Waals surface area contributed by atoms with Gasteiger partial charge in [0.15, 0.2) is 5.54 Å². The minimum Gasteiger partial charge on any atom is -0.378 e. The fourth-order valence-electron chi connectivity index (χ4n) is 3.42. The van der Waals surface area contributed by atoms with Crippen LogP contribution in [-0.2, 0) is 10.3 Å². The number of morpholine rings is 1. The number of hydroxylamine groups is 2. The number of rotatable bonds is 4. The van der Waals surface area contributed by atoms with Gasteiger partial charge in [-0.05, 0) is 19.9 Å². The van der Waals surface area contributed by atoms with E-state index in [1.807, 2.05) is 19.9 Å². The highest BCUT2D eigenvalue weighted by atomic mass is 32.1. The molecule has 0 spiro atoms. The maximum Gasteiger partial charge on any atom is 0.166 e. The molecule has 3 rings (SSSR count). The molecule has 1 unspecified atom stereocenters. The van der Waals surface area contributed by atoms with Crippen LogP contribution in [0.15, 0.2) is 12.1 Å². The molecule has 1 aliphatic heterocycles. The molecule has 5 nitrogen and oxygen atoms in total. The third-order valence-corrected chi connectivity index (χ3v) is 5.32. The molecule has 1 N–H and O–H groups in total. The minimum absolute atomic E-state index is 0.330. The van der Waals surface area contributed by atoms with Crippen molar-refractivity contribution in [2.45, 2.75) is 32.2 Å². The van der Waals surface area contributed by atoms with Crippen LogP contribution in [-0.4, -0.2) is 47.6 Å². The first-order chi connectivity index (χ1) is 10.9. The van der Waals surface area contributed by atoms with Gasteiger partial charge in [0.25, 0.3) is 0 Å². The molecule has 126 valence electrons. The largest absolute Gasteiger partial charge is 0.378 e. The van der Waals surface area contributed by atoms with Crippen molar-refractivity contribution in [3.8, 4) is 0 Å². The van der Waals surface area contributed by atoms with E-state index in [1.165, 1.54) is 0 Å². The number of hydrogen-bond donors (Lipinski definition) is 2. The van der Waals surface area contributed by atoms with Crippen molar-refractivity contribution in [3.63, 3.8) is 0 Å². The van der Waals surface area contributed by atoms with Crippen LogP contribution < -0.4 is 4.90 Å². The normalized spacial score (nSPS) is 23.1. The summed E-state index contributed by atoms with van der Waals surface area (Å²) in [5.74, 6) is 0.974. The lowest BCUT2D eigenvalue weighted by atomic mass is 9.96. The van der Waals surface area contributed by atoms with E-state index in [1.54, 1.807) is 7.05 Å². The van der Waals surface area contributed by atoms with Gasteiger partial charge in [-0.1, -0.05) is 12.2 Å². The Labute approximate surface area is 143 Å². The third-order valence-electron chi connectivity index (χ3n) is 4.94. The van der Waals surface area contributed by atoms with Crippen molar-refractivity contribution in [2.24, 2.45) is 0 Å². The van der Waals surface area contributed by atoms with Crippen LogP contribution in [0.3, 0.4) is 0 Å². The summed E-state index contributed by atoms with van der Waals surface area (Å²) in [6.45, 7) is 7.23. The van der Waals surface area contributed by atoms with Gasteiger partial charge in [-0.25, -0.2) is 10.2 Å². The lowest BCUT2D eigenvalue weighted by Gasteiger charge is -2.32. The van der Waals surface area contributed by atoms with E-state index in [0.717, 1.165) is 61.8 Å². The molecule has 0 bridgehead atoms. The predicted octanol–water partition coefficient (Wildman–Crippen LogP) is 2.93. The van der Waals surface area contributed by atoms with Crippen molar-refractivity contribution in [1.82, 2.24) is 4.98 Å². The SMILES string of the molecule is C/C=C\c1c(C2([N+](C)(O)S)CC2)cc(N2CCOCC2)nc1C. The molecule has 2 heterocycles. The molecule has 1 saturated heterocycles. The van der Waals surface area contributed by atoms with E-state index in [0.29, 0.717) is 0 Å². The summed E-state index contributed by atoms with van der Waals surface area (Å²) in [7, 11) is 1.74. The van der Waals surface area contributed by atoms with Crippen molar-refractivity contribution in [3.05, 3.63) is 29.0 Å². The smallest absolute Gasteiger partial charge is 0.166 e. The highest BCUT2D eigenvalue weighted by Gasteiger charge is 2.61. The fraction of sp³-hybridized carbons (Fsp3) is 0.588. The molecule has 1 aromatic rings. The summed E-state index contributed by atoms with van der Waals surface area (Å²) in [5, 5.41) is 10.6. The number of nitrogens with zero attached hydrogens (tertiary/aromatic N) is 3. The first-order valence-electron chi connectivity index (χ1n) is 8.19. The Balaban J connectivity index is 2.10. The monoisotopic (exact) mass is 336 g/mol. The number of aryl methyl sites for hydroxylation is 1. The van der Waals surface area contributed by atoms with Crippen molar-refractivity contribution in [1.29, 1.82) is 0 Å². The summed E-state index contributed by atoms with van der Waals surface area (Å²) in [6.07, 6.45) is 5.97. The number of thiol groups is 1. The fourth-order valence-corrected chi connectivity index (χ4v) is 3.73. The number of quaternary nitrogens is 1. The van der Waals surface area contributed by atoms with Gasteiger partial charge in [0.1, 0.15) is 12.9 Å². The van der Waals surface area contributed by atoms with Crippen LogP contribution in [0, 0.1) is 6.92 Å². The van der Waals surface area contributed by atoms with Gasteiger partial charge >= 0.3 is 0 Å². The van der Waals surface area contributed by atoms with E-state index >= 15 is 0 Å². The lowest BCUT2D eigenvalue weighted by molar-refractivity contribution is -1.01. The van der Waals surface area contributed by atoms with Crippen LogP contribution in [0.4, 0.5) is 5.82 Å². The lowest BCUT2D eigenvalue weighted by Crippen LogP contribution is -2.42. The van der Waals surface area contributed by atoms with Crippen molar-refractivity contribution >= 4 is 24.7 Å². The molecule has 0 amide bonds. The third kappa shape index (κ3) is 3.01. The molecule has 1 saturated carbocycles. The predicted molar refractivity (Wildman–Crippen MR) is 94.6 cm³/mol. The second-order valence-corrected chi connectivity index (χ2v) is 7.35. The van der Waals surface area contributed by atoms with E-state index in [9.17, 15) is 5.21 Å². The van der Waals surface area contributed by atoms with Crippen LogP contribution in [0.1, 0.15) is 36.6 Å². The van der Waals surface area contributed by atoms with Gasteiger partial charge < -0.3 is 9.64 Å². The number of pyridine rings is 1. The molecule has 2 fully saturated rings. The molecule has 2 aliphatic rings. The second kappa shape index (κ2) is 6.09. The standard InChI is InChI=1S/C17H26N3O2S/c1-4-5-14-13(2)18-16(19-8-10-22-11-9-19)12-15(14)17(6-7-17)20(3,21)23/h4-5,12,21,23H,6-11H2,1-3H3/q+1/b5-4-. The van der Waals surface area contributed by atoms with E-state index < -0.39 is 0 Å². The summed E-state index contributed by atoms with van der Waals surface area (Å²) in [4.78, 5) is 7.06. The topological polar surface area (TPSA) is 45.6 Å². The first-order valence-corrected chi connectivity index (χ1v) is 8.59. The number of ether oxygens (including phenoxy) is 1. The van der Waals surface area contributed by atoms with E-state index in [4.69, 9.17) is 9.72 Å². The Hall–Kier alpha value is -1.08. The van der Waals surface area contributed by atoms with E-state index in [-0.39, 0.29) is 9.59 Å². The zero-order valence-corrected chi connectivity index (χ0v) is 15.0. The van der Waals surface area contributed by atoms with Crippen molar-refractivity contribution < 1.29 is 14.0 Å². The Morgan fingerprint density at radius 2 is 2.04 bits per heavy atom. The summed E-state index contributed by atoms with van der Waals surface area (Å²) >= 11 is 4.44. The number of aromatic nitrogens is 1. The van der Waals surface area contributed by atoms with Gasteiger partial charge in [0.2, 0.25) is 0 Å². The number of anilines is 1. The average Bonchev–Trinajstić information content (AvgIpc) is 3.31. The molecule has 1 aliphatic carbocycles. The molecule has 0 aromatic carbocycles. The Kier molecular flexibility index (Phi) is 4.44. The zero-order chi connectivity index (χ0) is 16.7. The molecule has 1 atom stereocenters. The number of hydrogen-bond acceptors (Lipinski definition) is 5. The van der Waals surface area contributed by atoms with Crippen LogP contribution in [0.5, 0.6) is 0 Å². The quantitative estimate of drug-likeness (QED) is 0.504. The molecule has 1 aromatic heterocycles. The second-order valence-electron chi connectivity index (χ2n) is 6.57. The van der Waals surface area contributed by atoms with Gasteiger partial charge in [0.05, 0.1) is 26.0 Å². The number of allylic oxidation sites excluding steroid dienone is 1. The molecule has 23 heavy (non-hydrogen) atoms. The maximum atomic E-state index is 10.6. The highest BCUT2D eigenvalue weighted by Crippen LogP contribution is 2.56. The van der Waals surface area contributed by atoms with Crippen LogP contribution in [0.25, 0.3) is 6.08 Å². The van der Waals surface area contributed by atoms with Crippen LogP contribution >= 0.6 is 12.8 Å². The first kappa shape index (κ1) is 16.8. The van der Waals surface area contributed by atoms with Gasteiger partial charge in [-0.3, -0.25) is 0 Å². The summed E-state index contributed by atoms with van der Waals surface area (Å²) < 4.78 is 5.11. The summed E-state index contributed by atoms with van der Waals surface area (Å²) in [5.41, 5.74) is 2.90. The van der Waals surface area contributed by atoms with Gasteiger partial charge in [-0.2, -0.15) is 0 Å². The van der Waals surface area contributed by atoms with Gasteiger partial charge in [-0.15, -0.1) is 4.05 Å². The zero-order valence-electron chi connectivity index (χ0n) is 14.1. The Bertz CT molecular complexity index is 615.